The lowest BCUT2D eigenvalue weighted by Gasteiger charge is -2.37. The number of hydrogen-bond acceptors (Lipinski definition) is 4. The maximum atomic E-state index is 13.0. The maximum absolute atomic E-state index is 13.0. The number of ether oxygens (including phenoxy) is 1. The van der Waals surface area contributed by atoms with Crippen molar-refractivity contribution in [3.8, 4) is 0 Å². The average molecular weight is 337 g/mol. The van der Waals surface area contributed by atoms with Crippen LogP contribution in [0.4, 0.5) is 5.69 Å². The topological polar surface area (TPSA) is 63.7 Å². The highest BCUT2D eigenvalue weighted by molar-refractivity contribution is 6.22. The molecular weight excluding hydrogens is 318 g/mol. The van der Waals surface area contributed by atoms with E-state index in [0.29, 0.717) is 29.7 Å². The van der Waals surface area contributed by atoms with Gasteiger partial charge < -0.3 is 4.74 Å². The molecule has 5 aliphatic rings. The summed E-state index contributed by atoms with van der Waals surface area (Å²) in [7, 11) is 0. The van der Waals surface area contributed by atoms with Gasteiger partial charge in [-0.15, -0.1) is 0 Å². The van der Waals surface area contributed by atoms with Crippen molar-refractivity contribution in [1.82, 2.24) is 0 Å². The van der Waals surface area contributed by atoms with Crippen LogP contribution >= 0.6 is 0 Å². The van der Waals surface area contributed by atoms with Gasteiger partial charge >= 0.3 is 5.97 Å². The van der Waals surface area contributed by atoms with Crippen LogP contribution in [0.2, 0.25) is 0 Å². The number of benzene rings is 1. The molecule has 1 aromatic rings. The average Bonchev–Trinajstić information content (AvgIpc) is 3.40. The lowest BCUT2D eigenvalue weighted by molar-refractivity contribution is -0.124. The summed E-state index contributed by atoms with van der Waals surface area (Å²) in [4.78, 5) is 39.1. The molecule has 0 aromatic heterocycles. The molecule has 25 heavy (non-hydrogen) atoms. The molecule has 1 saturated heterocycles. The van der Waals surface area contributed by atoms with Gasteiger partial charge in [-0.05, 0) is 61.3 Å². The third kappa shape index (κ3) is 1.92. The number of carbonyl (C=O) groups is 3. The number of hydrogen-bond donors (Lipinski definition) is 0. The fourth-order valence-electron chi connectivity index (χ4n) is 5.17. The van der Waals surface area contributed by atoms with Crippen molar-refractivity contribution < 1.29 is 19.1 Å². The van der Waals surface area contributed by atoms with E-state index in [1.54, 1.807) is 31.2 Å². The Morgan fingerprint density at radius 3 is 2.12 bits per heavy atom. The fourth-order valence-corrected chi connectivity index (χ4v) is 5.17. The van der Waals surface area contributed by atoms with Crippen LogP contribution in [-0.2, 0) is 14.3 Å². The van der Waals surface area contributed by atoms with Gasteiger partial charge in [-0.2, -0.15) is 0 Å². The van der Waals surface area contributed by atoms with Gasteiger partial charge in [-0.1, -0.05) is 12.2 Å². The first-order chi connectivity index (χ1) is 12.1. The molecule has 6 rings (SSSR count). The second kappa shape index (κ2) is 5.04. The monoisotopic (exact) mass is 337 g/mol. The summed E-state index contributed by atoms with van der Waals surface area (Å²) < 4.78 is 4.97. The van der Waals surface area contributed by atoms with Crippen molar-refractivity contribution in [2.45, 2.75) is 13.3 Å². The normalized spacial score (nSPS) is 37.1. The molecule has 5 heteroatoms. The first-order valence-corrected chi connectivity index (χ1v) is 8.95. The van der Waals surface area contributed by atoms with Gasteiger partial charge in [0.25, 0.3) is 0 Å². The Balaban J connectivity index is 1.45. The van der Waals surface area contributed by atoms with Crippen LogP contribution in [-0.4, -0.2) is 24.4 Å². The highest BCUT2D eigenvalue weighted by Gasteiger charge is 2.67. The Hall–Kier alpha value is -2.43. The van der Waals surface area contributed by atoms with Gasteiger partial charge in [0.1, 0.15) is 0 Å². The zero-order valence-corrected chi connectivity index (χ0v) is 13.9. The molecule has 2 bridgehead atoms. The molecule has 0 N–H and O–H groups in total. The Labute approximate surface area is 145 Å². The van der Waals surface area contributed by atoms with Gasteiger partial charge in [-0.3, -0.25) is 14.5 Å². The van der Waals surface area contributed by atoms with Crippen molar-refractivity contribution in [3.05, 3.63) is 42.0 Å². The molecule has 0 unspecified atom stereocenters. The third-order valence-electron chi connectivity index (χ3n) is 6.30. The SMILES string of the molecule is CCOC(=O)c1ccc(N2C(=O)[C@@H]3[C@@H]4C=C[C@H]([C@@H]5C[C@H]45)[C@H]3C2=O)cc1. The van der Waals surface area contributed by atoms with Crippen LogP contribution in [0.5, 0.6) is 0 Å². The number of allylic oxidation sites excluding steroid dienone is 2. The molecule has 1 aromatic carbocycles. The van der Waals surface area contributed by atoms with Crippen molar-refractivity contribution in [2.75, 3.05) is 11.5 Å². The van der Waals surface area contributed by atoms with E-state index >= 15 is 0 Å². The first kappa shape index (κ1) is 14.9. The standard InChI is InChI=1S/C20H19NO4/c1-2-25-20(24)10-3-5-11(6-4-10)21-18(22)16-12-7-8-13(15-9-14(12)15)17(16)19(21)23/h3-8,12-17H,2,9H2,1H3/t12-,13-,14-,15+,16-,17-/m1/s1. The Morgan fingerprint density at radius 2 is 1.60 bits per heavy atom. The van der Waals surface area contributed by atoms with Gasteiger partial charge in [0.2, 0.25) is 11.8 Å². The first-order valence-electron chi connectivity index (χ1n) is 8.95. The van der Waals surface area contributed by atoms with E-state index in [9.17, 15) is 14.4 Å². The number of rotatable bonds is 3. The number of nitrogens with zero attached hydrogens (tertiary/aromatic N) is 1. The molecule has 5 nitrogen and oxygen atoms in total. The van der Waals surface area contributed by atoms with Crippen LogP contribution in [0.1, 0.15) is 23.7 Å². The molecule has 2 amide bonds. The zero-order valence-electron chi connectivity index (χ0n) is 13.9. The highest BCUT2D eigenvalue weighted by atomic mass is 16.5. The van der Waals surface area contributed by atoms with E-state index in [-0.39, 0.29) is 35.5 Å². The fraction of sp³-hybridized carbons (Fsp3) is 0.450. The van der Waals surface area contributed by atoms with Crippen molar-refractivity contribution in [1.29, 1.82) is 0 Å². The van der Waals surface area contributed by atoms with Crippen molar-refractivity contribution in [3.63, 3.8) is 0 Å². The third-order valence-corrected chi connectivity index (χ3v) is 6.30. The van der Waals surface area contributed by atoms with E-state index in [0.717, 1.165) is 6.42 Å². The van der Waals surface area contributed by atoms with Gasteiger partial charge in [0, 0.05) is 0 Å². The van der Waals surface area contributed by atoms with Gasteiger partial charge in [-0.25, -0.2) is 4.79 Å². The summed E-state index contributed by atoms with van der Waals surface area (Å²) >= 11 is 0. The minimum Gasteiger partial charge on any atom is -0.462 e. The number of esters is 1. The van der Waals surface area contributed by atoms with Gasteiger partial charge in [0.15, 0.2) is 0 Å². The van der Waals surface area contributed by atoms with Crippen LogP contribution in [0, 0.1) is 35.5 Å². The van der Waals surface area contributed by atoms with Crippen molar-refractivity contribution in [2.24, 2.45) is 35.5 Å². The van der Waals surface area contributed by atoms with E-state index < -0.39 is 5.97 Å². The molecule has 0 spiro atoms. The van der Waals surface area contributed by atoms with E-state index in [4.69, 9.17) is 4.74 Å². The summed E-state index contributed by atoms with van der Waals surface area (Å²) in [6.07, 6.45) is 5.49. The predicted molar refractivity (Wildman–Crippen MR) is 89.6 cm³/mol. The Morgan fingerprint density at radius 1 is 1.04 bits per heavy atom. The second-order valence-corrected chi connectivity index (χ2v) is 7.43. The molecule has 0 radical (unpaired) electrons. The largest absolute Gasteiger partial charge is 0.462 e. The lowest BCUT2D eigenvalue weighted by Crippen LogP contribution is -2.40. The van der Waals surface area contributed by atoms with Crippen LogP contribution < -0.4 is 4.90 Å². The summed E-state index contributed by atoms with van der Waals surface area (Å²) in [5.74, 6) is 0.682. The highest BCUT2D eigenvalue weighted by Crippen LogP contribution is 2.65. The zero-order chi connectivity index (χ0) is 17.3. The summed E-state index contributed by atoms with van der Waals surface area (Å²) in [5, 5.41) is 0. The summed E-state index contributed by atoms with van der Waals surface area (Å²) in [5.41, 5.74) is 0.968. The Kier molecular flexibility index (Phi) is 3.00. The number of imide groups is 1. The Bertz CT molecular complexity index is 775. The van der Waals surface area contributed by atoms with E-state index in [2.05, 4.69) is 12.2 Å². The lowest BCUT2D eigenvalue weighted by atomic mass is 9.63. The summed E-state index contributed by atoms with van der Waals surface area (Å²) in [6, 6.07) is 6.55. The van der Waals surface area contributed by atoms with Crippen LogP contribution in [0.25, 0.3) is 0 Å². The number of amides is 2. The second-order valence-electron chi connectivity index (χ2n) is 7.43. The molecule has 3 fully saturated rings. The van der Waals surface area contributed by atoms with Crippen LogP contribution in [0.15, 0.2) is 36.4 Å². The maximum Gasteiger partial charge on any atom is 0.338 e. The minimum absolute atomic E-state index is 0.0800. The van der Waals surface area contributed by atoms with E-state index in [1.165, 1.54) is 4.90 Å². The smallest absolute Gasteiger partial charge is 0.338 e. The van der Waals surface area contributed by atoms with Crippen LogP contribution in [0.3, 0.4) is 0 Å². The predicted octanol–water partition coefficient (Wildman–Crippen LogP) is 2.42. The number of carbonyl (C=O) groups excluding carboxylic acids is 3. The molecule has 4 aliphatic carbocycles. The molecule has 6 atom stereocenters. The minimum atomic E-state index is -0.399. The quantitative estimate of drug-likeness (QED) is 0.483. The molecular formula is C20H19NO4. The summed E-state index contributed by atoms with van der Waals surface area (Å²) in [6.45, 7) is 2.06. The van der Waals surface area contributed by atoms with E-state index in [1.807, 2.05) is 0 Å². The molecule has 128 valence electrons. The molecule has 2 saturated carbocycles. The molecule has 1 heterocycles. The van der Waals surface area contributed by atoms with Crippen molar-refractivity contribution >= 4 is 23.5 Å². The number of anilines is 1. The van der Waals surface area contributed by atoms with Gasteiger partial charge in [0.05, 0.1) is 29.7 Å². The molecule has 1 aliphatic heterocycles.